The lowest BCUT2D eigenvalue weighted by Gasteiger charge is -2.31. The molecule has 0 bridgehead atoms. The second-order valence-corrected chi connectivity index (χ2v) is 10.4. The molecule has 3 aromatic rings. The molecule has 0 spiro atoms. The van der Waals surface area contributed by atoms with E-state index in [0.29, 0.717) is 31.0 Å². The minimum absolute atomic E-state index is 0.133. The van der Waals surface area contributed by atoms with E-state index in [9.17, 15) is 23.2 Å². The minimum atomic E-state index is -4.39. The lowest BCUT2D eigenvalue weighted by atomic mass is 9.97. The fraction of sp³-hybridized carbons (Fsp3) is 0.321. The Hall–Kier alpha value is -3.70. The molecule has 39 heavy (non-hydrogen) atoms. The summed E-state index contributed by atoms with van der Waals surface area (Å²) < 4.78 is 38.7. The number of aliphatic imine (C=N–C) groups is 1. The van der Waals surface area contributed by atoms with E-state index in [4.69, 9.17) is 0 Å². The number of carbonyl (C=O) groups excluding carboxylic acids is 1. The van der Waals surface area contributed by atoms with Gasteiger partial charge in [-0.05, 0) is 54.8 Å². The molecule has 0 fully saturated rings. The number of thiazole rings is 1. The standard InChI is InChI=1S/C28H30F3N5O2S/c1-4-24(34-26(18(2)3)36(38)16-22-14-32-17-39-22)27(37)35-13-12-23-19(15-35)6-5-7-25(23)33-21-10-8-20(9-11-21)28(29,30)31/h4-11,14,17-18,33,38H,12-13,15-16H2,1-3H3/b24-4-,34-26?. The molecule has 2 heterocycles. The molecule has 0 radical (unpaired) electrons. The Morgan fingerprint density at radius 1 is 1.26 bits per heavy atom. The fourth-order valence-electron chi connectivity index (χ4n) is 4.35. The first-order valence-corrected chi connectivity index (χ1v) is 13.4. The van der Waals surface area contributed by atoms with Crippen LogP contribution < -0.4 is 5.32 Å². The topological polar surface area (TPSA) is 81.1 Å². The highest BCUT2D eigenvalue weighted by molar-refractivity contribution is 7.09. The molecule has 1 amide bonds. The van der Waals surface area contributed by atoms with Crippen LogP contribution in [0.15, 0.2) is 70.9 Å². The number of hydrogen-bond donors (Lipinski definition) is 2. The van der Waals surface area contributed by atoms with Crippen LogP contribution in [0.5, 0.6) is 0 Å². The molecule has 0 unspecified atom stereocenters. The van der Waals surface area contributed by atoms with Crippen LogP contribution in [-0.4, -0.2) is 38.4 Å². The SMILES string of the molecule is C/C=C(\N=C(C(C)C)N(O)Cc1cncs1)C(=O)N1CCc2c(cccc2Nc2ccc(C(F)(F)F)cc2)C1. The van der Waals surface area contributed by atoms with Crippen LogP contribution in [0.3, 0.4) is 0 Å². The average Bonchev–Trinajstić information content (AvgIpc) is 3.41. The number of amidine groups is 1. The van der Waals surface area contributed by atoms with Crippen LogP contribution in [0, 0.1) is 5.92 Å². The average molecular weight is 558 g/mol. The molecule has 1 aliphatic heterocycles. The third-order valence-corrected chi connectivity index (χ3v) is 7.11. The van der Waals surface area contributed by atoms with Gasteiger partial charge in [0.05, 0.1) is 17.6 Å². The normalized spacial score (nSPS) is 14.4. The van der Waals surface area contributed by atoms with Crippen LogP contribution in [0.1, 0.15) is 42.3 Å². The zero-order valence-corrected chi connectivity index (χ0v) is 22.7. The Balaban J connectivity index is 1.49. The molecule has 1 aliphatic rings. The summed E-state index contributed by atoms with van der Waals surface area (Å²) in [5.74, 6) is 0.00506. The van der Waals surface area contributed by atoms with Gasteiger partial charge in [0.2, 0.25) is 0 Å². The van der Waals surface area contributed by atoms with Crippen molar-refractivity contribution in [3.63, 3.8) is 0 Å². The lowest BCUT2D eigenvalue weighted by molar-refractivity contribution is -0.137. The van der Waals surface area contributed by atoms with Gasteiger partial charge in [0.1, 0.15) is 11.5 Å². The number of carbonyl (C=O) groups is 1. The third kappa shape index (κ3) is 6.85. The molecular weight excluding hydrogens is 527 g/mol. The predicted molar refractivity (Wildman–Crippen MR) is 146 cm³/mol. The summed E-state index contributed by atoms with van der Waals surface area (Å²) in [7, 11) is 0. The zero-order chi connectivity index (χ0) is 28.2. The highest BCUT2D eigenvalue weighted by Crippen LogP contribution is 2.32. The molecule has 11 heteroatoms. The van der Waals surface area contributed by atoms with E-state index in [1.807, 2.05) is 32.0 Å². The van der Waals surface area contributed by atoms with E-state index in [1.165, 1.54) is 23.5 Å². The summed E-state index contributed by atoms with van der Waals surface area (Å²) in [4.78, 5) is 24.6. The molecule has 1 aromatic heterocycles. The van der Waals surface area contributed by atoms with Crippen molar-refractivity contribution in [1.29, 1.82) is 0 Å². The largest absolute Gasteiger partial charge is 0.416 e. The van der Waals surface area contributed by atoms with E-state index in [1.54, 1.807) is 29.6 Å². The number of benzene rings is 2. The number of nitrogens with one attached hydrogen (secondary N) is 1. The number of halogens is 3. The van der Waals surface area contributed by atoms with E-state index < -0.39 is 11.7 Å². The number of alkyl halides is 3. The van der Waals surface area contributed by atoms with Gasteiger partial charge in [0, 0.05) is 41.5 Å². The van der Waals surface area contributed by atoms with E-state index in [0.717, 1.165) is 38.9 Å². The van der Waals surface area contributed by atoms with Crippen LogP contribution in [0.25, 0.3) is 0 Å². The van der Waals surface area contributed by atoms with Gasteiger partial charge in [-0.2, -0.15) is 13.2 Å². The maximum Gasteiger partial charge on any atom is 0.416 e. The quantitative estimate of drug-likeness (QED) is 0.147. The Kier molecular flexibility index (Phi) is 8.71. The van der Waals surface area contributed by atoms with Gasteiger partial charge in [-0.3, -0.25) is 15.0 Å². The van der Waals surface area contributed by atoms with Gasteiger partial charge < -0.3 is 10.2 Å². The van der Waals surface area contributed by atoms with Crippen LogP contribution in [0.4, 0.5) is 24.5 Å². The highest BCUT2D eigenvalue weighted by atomic mass is 32.1. The van der Waals surface area contributed by atoms with Crippen molar-refractivity contribution in [2.24, 2.45) is 10.9 Å². The molecule has 2 aromatic carbocycles. The second-order valence-electron chi connectivity index (χ2n) is 9.44. The van der Waals surface area contributed by atoms with Crippen molar-refractivity contribution in [2.45, 2.75) is 46.5 Å². The Bertz CT molecular complexity index is 1350. The van der Waals surface area contributed by atoms with E-state index in [-0.39, 0.29) is 24.1 Å². The molecule has 0 saturated carbocycles. The van der Waals surface area contributed by atoms with Crippen molar-refractivity contribution in [2.75, 3.05) is 11.9 Å². The zero-order valence-electron chi connectivity index (χ0n) is 21.9. The molecule has 206 valence electrons. The first kappa shape index (κ1) is 28.3. The highest BCUT2D eigenvalue weighted by Gasteiger charge is 2.30. The lowest BCUT2D eigenvalue weighted by Crippen LogP contribution is -2.38. The Morgan fingerprint density at radius 3 is 2.62 bits per heavy atom. The Morgan fingerprint density at radius 2 is 2.00 bits per heavy atom. The fourth-order valence-corrected chi connectivity index (χ4v) is 4.93. The number of hydrogen-bond acceptors (Lipinski definition) is 6. The summed E-state index contributed by atoms with van der Waals surface area (Å²) in [6, 6.07) is 10.6. The smallest absolute Gasteiger partial charge is 0.355 e. The van der Waals surface area contributed by atoms with Crippen LogP contribution in [0.2, 0.25) is 0 Å². The van der Waals surface area contributed by atoms with E-state index >= 15 is 0 Å². The number of nitrogens with zero attached hydrogens (tertiary/aromatic N) is 4. The summed E-state index contributed by atoms with van der Waals surface area (Å²) in [5, 5.41) is 15.0. The third-order valence-electron chi connectivity index (χ3n) is 6.34. The van der Waals surface area contributed by atoms with Gasteiger partial charge in [-0.1, -0.05) is 32.1 Å². The number of amides is 1. The van der Waals surface area contributed by atoms with Gasteiger partial charge in [-0.25, -0.2) is 10.1 Å². The Labute approximate surface area is 229 Å². The van der Waals surface area contributed by atoms with Gasteiger partial charge >= 0.3 is 6.18 Å². The predicted octanol–water partition coefficient (Wildman–Crippen LogP) is 6.64. The molecule has 2 N–H and O–H groups in total. The van der Waals surface area contributed by atoms with E-state index in [2.05, 4.69) is 15.3 Å². The van der Waals surface area contributed by atoms with Crippen molar-refractivity contribution in [3.8, 4) is 0 Å². The first-order valence-electron chi connectivity index (χ1n) is 12.5. The molecule has 0 atom stereocenters. The molecular formula is C28H30F3N5O2S. The van der Waals surface area contributed by atoms with Crippen molar-refractivity contribution < 1.29 is 23.2 Å². The number of aromatic nitrogens is 1. The monoisotopic (exact) mass is 557 g/mol. The van der Waals surface area contributed by atoms with Crippen molar-refractivity contribution in [3.05, 3.63) is 87.5 Å². The first-order chi connectivity index (χ1) is 18.6. The molecule has 4 rings (SSSR count). The maximum atomic E-state index is 13.5. The summed E-state index contributed by atoms with van der Waals surface area (Å²) in [6.45, 7) is 6.57. The van der Waals surface area contributed by atoms with Crippen LogP contribution >= 0.6 is 11.3 Å². The van der Waals surface area contributed by atoms with Crippen molar-refractivity contribution in [1.82, 2.24) is 14.9 Å². The number of fused-ring (bicyclic) bond motifs is 1. The molecule has 7 nitrogen and oxygen atoms in total. The molecule has 0 aliphatic carbocycles. The second kappa shape index (κ2) is 12.0. The minimum Gasteiger partial charge on any atom is -0.355 e. The van der Waals surface area contributed by atoms with Gasteiger partial charge in [0.15, 0.2) is 0 Å². The summed E-state index contributed by atoms with van der Waals surface area (Å²) in [5.41, 5.74) is 4.54. The summed E-state index contributed by atoms with van der Waals surface area (Å²) >= 11 is 1.42. The number of rotatable bonds is 7. The maximum absolute atomic E-state index is 13.5. The van der Waals surface area contributed by atoms with Crippen LogP contribution in [-0.2, 0) is 30.5 Å². The molecule has 0 saturated heterocycles. The number of hydroxylamine groups is 2. The van der Waals surface area contributed by atoms with Gasteiger partial charge in [0.25, 0.3) is 5.91 Å². The summed E-state index contributed by atoms with van der Waals surface area (Å²) in [6.07, 6.45) is -0.494. The number of anilines is 2. The van der Waals surface area contributed by atoms with Gasteiger partial charge in [-0.15, -0.1) is 11.3 Å². The van der Waals surface area contributed by atoms with Crippen molar-refractivity contribution >= 4 is 34.5 Å². The number of allylic oxidation sites excluding steroid dienone is 1.